The Morgan fingerprint density at radius 1 is 0.857 bits per heavy atom. The summed E-state index contributed by atoms with van der Waals surface area (Å²) < 4.78 is 0. The van der Waals surface area contributed by atoms with Gasteiger partial charge in [0.15, 0.2) is 5.84 Å². The smallest absolute Gasteiger partial charge is 0.157 e. The van der Waals surface area contributed by atoms with Gasteiger partial charge in [-0.15, -0.1) is 0 Å². The van der Waals surface area contributed by atoms with E-state index in [1.54, 1.807) is 0 Å². The molecule has 0 radical (unpaired) electrons. The van der Waals surface area contributed by atoms with Gasteiger partial charge in [-0.1, -0.05) is 54.6 Å². The first-order valence-corrected chi connectivity index (χ1v) is 10.5. The summed E-state index contributed by atoms with van der Waals surface area (Å²) in [6.07, 6.45) is 2.64. The number of fused-ring (bicyclic) bond motifs is 3. The van der Waals surface area contributed by atoms with Gasteiger partial charge in [-0.3, -0.25) is 15.2 Å². The van der Waals surface area contributed by atoms with Crippen LogP contribution < -0.4 is 5.43 Å². The molecule has 5 rings (SSSR count). The van der Waals surface area contributed by atoms with Crippen LogP contribution in [0.4, 0.5) is 0 Å². The monoisotopic (exact) mass is 375 g/mol. The van der Waals surface area contributed by atoms with Crippen molar-refractivity contribution in [3.63, 3.8) is 0 Å². The maximum absolute atomic E-state index is 4.70. The molecular formula is C23H29N5. The number of hydrazone groups is 1. The molecular weight excluding hydrogens is 346 g/mol. The lowest BCUT2D eigenvalue weighted by atomic mass is 9.98. The molecule has 0 aliphatic carbocycles. The van der Waals surface area contributed by atoms with Gasteiger partial charge in [0.1, 0.15) is 6.17 Å². The first-order valence-electron chi connectivity index (χ1n) is 10.5. The topological polar surface area (TPSA) is 34.1 Å². The highest BCUT2D eigenvalue weighted by atomic mass is 15.5. The maximum atomic E-state index is 4.70. The molecule has 0 bridgehead atoms. The van der Waals surface area contributed by atoms with Gasteiger partial charge in [0.25, 0.3) is 0 Å². The maximum Gasteiger partial charge on any atom is 0.157 e. The van der Waals surface area contributed by atoms with Crippen molar-refractivity contribution in [1.82, 2.24) is 20.1 Å². The predicted octanol–water partition coefficient (Wildman–Crippen LogP) is 2.34. The van der Waals surface area contributed by atoms with E-state index in [4.69, 9.17) is 5.10 Å². The lowest BCUT2D eigenvalue weighted by Gasteiger charge is -2.34. The van der Waals surface area contributed by atoms with E-state index >= 15 is 0 Å². The van der Waals surface area contributed by atoms with Gasteiger partial charge in [0.05, 0.1) is 0 Å². The molecule has 2 aromatic rings. The highest BCUT2D eigenvalue weighted by Crippen LogP contribution is 2.24. The van der Waals surface area contributed by atoms with Gasteiger partial charge in [0, 0.05) is 38.3 Å². The zero-order valence-corrected chi connectivity index (χ0v) is 16.4. The minimum Gasteiger partial charge on any atom is -0.332 e. The Hall–Kier alpha value is -2.37. The molecule has 1 atom stereocenters. The van der Waals surface area contributed by atoms with E-state index in [1.165, 1.54) is 36.2 Å². The van der Waals surface area contributed by atoms with E-state index in [-0.39, 0.29) is 0 Å². The molecule has 3 heterocycles. The van der Waals surface area contributed by atoms with E-state index in [1.807, 2.05) is 0 Å². The third-order valence-corrected chi connectivity index (χ3v) is 6.21. The van der Waals surface area contributed by atoms with Crippen LogP contribution in [0.15, 0.2) is 59.7 Å². The fourth-order valence-electron chi connectivity index (χ4n) is 4.68. The Morgan fingerprint density at radius 3 is 2.57 bits per heavy atom. The Morgan fingerprint density at radius 2 is 1.64 bits per heavy atom. The second kappa shape index (κ2) is 7.94. The first-order chi connectivity index (χ1) is 13.9. The van der Waals surface area contributed by atoms with E-state index in [0.29, 0.717) is 6.17 Å². The van der Waals surface area contributed by atoms with Gasteiger partial charge in [-0.2, -0.15) is 5.10 Å². The lowest BCUT2D eigenvalue weighted by Crippen LogP contribution is -2.50. The molecule has 1 unspecified atom stereocenters. The molecule has 3 aliphatic heterocycles. The van der Waals surface area contributed by atoms with Crippen LogP contribution in [0.2, 0.25) is 0 Å². The van der Waals surface area contributed by atoms with Crippen LogP contribution in [0.5, 0.6) is 0 Å². The van der Waals surface area contributed by atoms with Crippen molar-refractivity contribution in [2.24, 2.45) is 5.10 Å². The van der Waals surface area contributed by atoms with Crippen LogP contribution in [0.1, 0.15) is 23.1 Å². The van der Waals surface area contributed by atoms with E-state index in [9.17, 15) is 0 Å². The summed E-state index contributed by atoms with van der Waals surface area (Å²) in [5.74, 6) is 1.13. The molecule has 1 N–H and O–H groups in total. The van der Waals surface area contributed by atoms with Gasteiger partial charge >= 0.3 is 0 Å². The number of amidine groups is 1. The summed E-state index contributed by atoms with van der Waals surface area (Å²) in [5.41, 5.74) is 7.55. The average Bonchev–Trinajstić information content (AvgIpc) is 3.02. The van der Waals surface area contributed by atoms with Crippen molar-refractivity contribution in [2.75, 3.05) is 39.3 Å². The Kier molecular flexibility index (Phi) is 5.02. The van der Waals surface area contributed by atoms with Crippen molar-refractivity contribution in [1.29, 1.82) is 0 Å². The summed E-state index contributed by atoms with van der Waals surface area (Å²) in [6.45, 7) is 7.77. The van der Waals surface area contributed by atoms with E-state index in [2.05, 4.69) is 74.7 Å². The van der Waals surface area contributed by atoms with Gasteiger partial charge in [-0.25, -0.2) is 0 Å². The number of nitrogens with zero attached hydrogens (tertiary/aromatic N) is 4. The molecule has 0 saturated carbocycles. The standard InChI is InChI=1S/C23H29N5/c1-2-7-19(8-3-1)17-26-12-6-13-27(16-15-26)18-22-24-25-23-21-10-5-4-9-20(21)11-14-28(22)23/h1-5,7-10,22,24H,6,11-18H2. The number of rotatable bonds is 4. The fraction of sp³-hybridized carbons (Fsp3) is 0.435. The lowest BCUT2D eigenvalue weighted by molar-refractivity contribution is 0.184. The Balaban J connectivity index is 1.18. The molecule has 5 nitrogen and oxygen atoms in total. The van der Waals surface area contributed by atoms with Crippen LogP contribution in [0.3, 0.4) is 0 Å². The normalized spacial score (nSPS) is 22.8. The molecule has 146 valence electrons. The molecule has 1 fully saturated rings. The van der Waals surface area contributed by atoms with Crippen molar-refractivity contribution in [3.8, 4) is 0 Å². The van der Waals surface area contributed by atoms with Crippen LogP contribution >= 0.6 is 0 Å². The molecule has 0 spiro atoms. The highest BCUT2D eigenvalue weighted by Gasteiger charge is 2.33. The molecule has 0 amide bonds. The van der Waals surface area contributed by atoms with Gasteiger partial charge < -0.3 is 4.90 Å². The van der Waals surface area contributed by atoms with Crippen molar-refractivity contribution >= 4 is 5.84 Å². The number of benzene rings is 2. The third-order valence-electron chi connectivity index (χ3n) is 6.21. The highest BCUT2D eigenvalue weighted by molar-refractivity contribution is 6.01. The molecule has 2 aromatic carbocycles. The minimum absolute atomic E-state index is 0.295. The zero-order chi connectivity index (χ0) is 18.8. The van der Waals surface area contributed by atoms with Crippen LogP contribution in [-0.2, 0) is 13.0 Å². The number of hydrogen-bond acceptors (Lipinski definition) is 5. The predicted molar refractivity (Wildman–Crippen MR) is 113 cm³/mol. The Labute approximate surface area is 167 Å². The molecule has 5 heteroatoms. The van der Waals surface area contributed by atoms with E-state index < -0.39 is 0 Å². The van der Waals surface area contributed by atoms with Crippen molar-refractivity contribution < 1.29 is 0 Å². The largest absolute Gasteiger partial charge is 0.332 e. The zero-order valence-electron chi connectivity index (χ0n) is 16.4. The van der Waals surface area contributed by atoms with Crippen molar-refractivity contribution in [3.05, 3.63) is 71.3 Å². The molecule has 28 heavy (non-hydrogen) atoms. The Bertz CT molecular complexity index is 834. The third kappa shape index (κ3) is 3.64. The molecule has 3 aliphatic rings. The average molecular weight is 376 g/mol. The number of hydrogen-bond donors (Lipinski definition) is 1. The summed E-state index contributed by atoms with van der Waals surface area (Å²) in [7, 11) is 0. The van der Waals surface area contributed by atoms with Crippen molar-refractivity contribution in [2.45, 2.75) is 25.6 Å². The van der Waals surface area contributed by atoms with Gasteiger partial charge in [0.2, 0.25) is 0 Å². The van der Waals surface area contributed by atoms with Crippen LogP contribution in [0.25, 0.3) is 0 Å². The first kappa shape index (κ1) is 17.7. The second-order valence-electron chi connectivity index (χ2n) is 8.10. The fourth-order valence-corrected chi connectivity index (χ4v) is 4.68. The number of nitrogens with one attached hydrogen (secondary N) is 1. The summed E-state index contributed by atoms with van der Waals surface area (Å²) in [6, 6.07) is 19.5. The molecule has 0 aromatic heterocycles. The minimum atomic E-state index is 0.295. The second-order valence-corrected chi connectivity index (χ2v) is 8.10. The summed E-state index contributed by atoms with van der Waals surface area (Å²) >= 11 is 0. The molecule has 1 saturated heterocycles. The van der Waals surface area contributed by atoms with Gasteiger partial charge in [-0.05, 0) is 37.1 Å². The van der Waals surface area contributed by atoms with E-state index in [0.717, 1.165) is 45.0 Å². The summed E-state index contributed by atoms with van der Waals surface area (Å²) in [5, 5.41) is 4.70. The van der Waals surface area contributed by atoms with Crippen LogP contribution in [0, 0.1) is 0 Å². The SMILES string of the molecule is c1ccc(CN2CCCN(CC3NN=C4c5ccccc5CCN43)CC2)cc1. The summed E-state index contributed by atoms with van der Waals surface area (Å²) in [4.78, 5) is 7.67. The van der Waals surface area contributed by atoms with Crippen LogP contribution in [-0.4, -0.2) is 66.0 Å². The quantitative estimate of drug-likeness (QED) is 0.890.